The molecule has 2 rings (SSSR count). The van der Waals surface area contributed by atoms with E-state index in [-0.39, 0.29) is 12.5 Å². The number of rotatable bonds is 5. The zero-order chi connectivity index (χ0) is 13.9. The fraction of sp³-hybridized carbons (Fsp3) is 0.462. The average molecular weight is 283 g/mol. The Balaban J connectivity index is 1.93. The fourth-order valence-electron chi connectivity index (χ4n) is 2.07. The first-order chi connectivity index (χ1) is 8.96. The Kier molecular flexibility index (Phi) is 4.21. The highest BCUT2D eigenvalue weighted by molar-refractivity contribution is 7.85. The Morgan fingerprint density at radius 1 is 1.26 bits per heavy atom. The van der Waals surface area contributed by atoms with E-state index in [0.717, 1.165) is 30.5 Å². The molecule has 1 aromatic rings. The summed E-state index contributed by atoms with van der Waals surface area (Å²) in [6, 6.07) is 7.57. The molecule has 0 spiro atoms. The summed E-state index contributed by atoms with van der Waals surface area (Å²) in [7, 11) is -3.38. The van der Waals surface area contributed by atoms with Crippen molar-refractivity contribution in [3.63, 3.8) is 0 Å². The second-order valence-electron chi connectivity index (χ2n) is 4.59. The van der Waals surface area contributed by atoms with Gasteiger partial charge in [-0.05, 0) is 30.5 Å². The Hall–Kier alpha value is -1.40. The SMILES string of the molecule is CS(=O)(=O)OCCc1ccc(N2CCCC2=O)cc1. The molecule has 1 amide bonds. The van der Waals surface area contributed by atoms with Crippen LogP contribution < -0.4 is 4.90 Å². The summed E-state index contributed by atoms with van der Waals surface area (Å²) in [5.74, 6) is 0.160. The molecule has 0 N–H and O–H groups in total. The smallest absolute Gasteiger partial charge is 0.264 e. The molecule has 1 heterocycles. The van der Waals surface area contributed by atoms with Crippen LogP contribution in [0, 0.1) is 0 Å². The number of hydrogen-bond donors (Lipinski definition) is 0. The van der Waals surface area contributed by atoms with E-state index >= 15 is 0 Å². The summed E-state index contributed by atoms with van der Waals surface area (Å²) in [4.78, 5) is 13.4. The van der Waals surface area contributed by atoms with Gasteiger partial charge in [0.2, 0.25) is 5.91 Å². The second kappa shape index (κ2) is 5.71. The minimum absolute atomic E-state index is 0.140. The van der Waals surface area contributed by atoms with Crippen molar-refractivity contribution < 1.29 is 17.4 Å². The molecule has 1 saturated heterocycles. The molecule has 1 aliphatic heterocycles. The first kappa shape index (κ1) is 14.0. The van der Waals surface area contributed by atoms with Crippen molar-refractivity contribution >= 4 is 21.7 Å². The molecule has 1 aromatic carbocycles. The highest BCUT2D eigenvalue weighted by Gasteiger charge is 2.21. The summed E-state index contributed by atoms with van der Waals surface area (Å²) in [6.07, 6.45) is 3.09. The fourth-order valence-corrected chi connectivity index (χ4v) is 2.46. The van der Waals surface area contributed by atoms with Gasteiger partial charge in [-0.15, -0.1) is 0 Å². The van der Waals surface area contributed by atoms with Crippen molar-refractivity contribution in [2.45, 2.75) is 19.3 Å². The van der Waals surface area contributed by atoms with Crippen LogP contribution in [-0.4, -0.2) is 33.7 Å². The molecule has 6 heteroatoms. The van der Waals surface area contributed by atoms with Crippen LogP contribution in [0.3, 0.4) is 0 Å². The molecule has 0 aliphatic carbocycles. The number of hydrogen-bond acceptors (Lipinski definition) is 4. The van der Waals surface area contributed by atoms with Crippen molar-refractivity contribution in [1.82, 2.24) is 0 Å². The maximum absolute atomic E-state index is 11.6. The van der Waals surface area contributed by atoms with Gasteiger partial charge in [-0.25, -0.2) is 0 Å². The van der Waals surface area contributed by atoms with Crippen LogP contribution >= 0.6 is 0 Å². The minimum Gasteiger partial charge on any atom is -0.312 e. The third kappa shape index (κ3) is 4.04. The minimum atomic E-state index is -3.38. The second-order valence-corrected chi connectivity index (χ2v) is 6.24. The maximum atomic E-state index is 11.6. The predicted octanol–water partition coefficient (Wildman–Crippen LogP) is 1.33. The summed E-state index contributed by atoms with van der Waals surface area (Å²) in [6.45, 7) is 0.913. The molecular formula is C13H17NO4S. The maximum Gasteiger partial charge on any atom is 0.264 e. The summed E-state index contributed by atoms with van der Waals surface area (Å²) >= 11 is 0. The third-order valence-electron chi connectivity index (χ3n) is 3.01. The van der Waals surface area contributed by atoms with E-state index in [1.807, 2.05) is 24.3 Å². The molecular weight excluding hydrogens is 266 g/mol. The molecule has 19 heavy (non-hydrogen) atoms. The van der Waals surface area contributed by atoms with Gasteiger partial charge in [-0.1, -0.05) is 12.1 Å². The zero-order valence-corrected chi connectivity index (χ0v) is 11.6. The average Bonchev–Trinajstić information content (AvgIpc) is 2.75. The molecule has 0 radical (unpaired) electrons. The lowest BCUT2D eigenvalue weighted by Crippen LogP contribution is -2.23. The first-order valence-electron chi connectivity index (χ1n) is 6.19. The Bertz CT molecular complexity index is 551. The van der Waals surface area contributed by atoms with Crippen LogP contribution in [0.4, 0.5) is 5.69 Å². The van der Waals surface area contributed by atoms with Crippen molar-refractivity contribution in [3.8, 4) is 0 Å². The van der Waals surface area contributed by atoms with E-state index in [4.69, 9.17) is 0 Å². The molecule has 1 aliphatic rings. The number of amides is 1. The van der Waals surface area contributed by atoms with Gasteiger partial charge in [0.05, 0.1) is 12.9 Å². The number of nitrogens with zero attached hydrogens (tertiary/aromatic N) is 1. The van der Waals surface area contributed by atoms with E-state index in [9.17, 15) is 13.2 Å². The lowest BCUT2D eigenvalue weighted by Gasteiger charge is -2.15. The van der Waals surface area contributed by atoms with Gasteiger partial charge < -0.3 is 4.90 Å². The molecule has 0 atom stereocenters. The monoisotopic (exact) mass is 283 g/mol. The van der Waals surface area contributed by atoms with Crippen LogP contribution in [-0.2, 0) is 25.5 Å². The zero-order valence-electron chi connectivity index (χ0n) is 10.8. The Morgan fingerprint density at radius 3 is 2.47 bits per heavy atom. The largest absolute Gasteiger partial charge is 0.312 e. The standard InChI is InChI=1S/C13H17NO4S/c1-19(16,17)18-10-8-11-4-6-12(7-5-11)14-9-2-3-13(14)15/h4-7H,2-3,8-10H2,1H3. The van der Waals surface area contributed by atoms with Crippen molar-refractivity contribution in [1.29, 1.82) is 0 Å². The normalized spacial score (nSPS) is 16.1. The van der Waals surface area contributed by atoms with Gasteiger partial charge in [0.25, 0.3) is 10.1 Å². The summed E-state index contributed by atoms with van der Waals surface area (Å²) < 4.78 is 26.3. The third-order valence-corrected chi connectivity index (χ3v) is 3.60. The van der Waals surface area contributed by atoms with Crippen LogP contribution in [0.15, 0.2) is 24.3 Å². The van der Waals surface area contributed by atoms with E-state index in [0.29, 0.717) is 12.8 Å². The quantitative estimate of drug-likeness (QED) is 0.765. The lowest BCUT2D eigenvalue weighted by atomic mass is 10.1. The molecule has 104 valence electrons. The van der Waals surface area contributed by atoms with E-state index in [2.05, 4.69) is 4.18 Å². The number of carbonyl (C=O) groups is 1. The van der Waals surface area contributed by atoms with E-state index in [1.165, 1.54) is 0 Å². The van der Waals surface area contributed by atoms with Gasteiger partial charge >= 0.3 is 0 Å². The summed E-state index contributed by atoms with van der Waals surface area (Å²) in [5.41, 5.74) is 1.88. The Morgan fingerprint density at radius 2 is 1.95 bits per heavy atom. The molecule has 5 nitrogen and oxygen atoms in total. The van der Waals surface area contributed by atoms with Gasteiger partial charge in [0.1, 0.15) is 0 Å². The predicted molar refractivity (Wildman–Crippen MR) is 72.5 cm³/mol. The van der Waals surface area contributed by atoms with Crippen LogP contribution in [0.5, 0.6) is 0 Å². The highest BCUT2D eigenvalue weighted by Crippen LogP contribution is 2.21. The van der Waals surface area contributed by atoms with Crippen LogP contribution in [0.1, 0.15) is 18.4 Å². The number of anilines is 1. The van der Waals surface area contributed by atoms with Crippen molar-refractivity contribution in [2.24, 2.45) is 0 Å². The van der Waals surface area contributed by atoms with Gasteiger partial charge in [0, 0.05) is 18.7 Å². The molecule has 0 bridgehead atoms. The van der Waals surface area contributed by atoms with E-state index in [1.54, 1.807) is 4.90 Å². The molecule has 0 unspecified atom stereocenters. The van der Waals surface area contributed by atoms with Gasteiger partial charge in [0.15, 0.2) is 0 Å². The molecule has 0 saturated carbocycles. The van der Waals surface area contributed by atoms with Gasteiger partial charge in [-0.2, -0.15) is 8.42 Å². The highest BCUT2D eigenvalue weighted by atomic mass is 32.2. The lowest BCUT2D eigenvalue weighted by molar-refractivity contribution is -0.117. The molecule has 0 aromatic heterocycles. The van der Waals surface area contributed by atoms with Crippen LogP contribution in [0.25, 0.3) is 0 Å². The van der Waals surface area contributed by atoms with Crippen molar-refractivity contribution in [3.05, 3.63) is 29.8 Å². The molecule has 1 fully saturated rings. The topological polar surface area (TPSA) is 63.7 Å². The van der Waals surface area contributed by atoms with Crippen molar-refractivity contribution in [2.75, 3.05) is 24.3 Å². The first-order valence-corrected chi connectivity index (χ1v) is 8.01. The number of benzene rings is 1. The Labute approximate surface area is 113 Å². The van der Waals surface area contributed by atoms with Crippen LogP contribution in [0.2, 0.25) is 0 Å². The van der Waals surface area contributed by atoms with E-state index < -0.39 is 10.1 Å². The van der Waals surface area contributed by atoms with Gasteiger partial charge in [-0.3, -0.25) is 8.98 Å². The summed E-state index contributed by atoms with van der Waals surface area (Å²) in [5, 5.41) is 0. The number of carbonyl (C=O) groups excluding carboxylic acids is 1.